The lowest BCUT2D eigenvalue weighted by atomic mass is 9.90. The van der Waals surface area contributed by atoms with Crippen molar-refractivity contribution in [1.82, 2.24) is 5.32 Å². The molecule has 2 nitrogen and oxygen atoms in total. The maximum atomic E-state index is 5.48. The maximum Gasteiger partial charge on any atom is 0.0469 e. The van der Waals surface area contributed by atoms with Crippen LogP contribution in [0.1, 0.15) is 26.7 Å². The van der Waals surface area contributed by atoms with Crippen LogP contribution in [0.3, 0.4) is 0 Å². The first-order valence-electron chi connectivity index (χ1n) is 6.74. The third-order valence-corrected chi connectivity index (χ3v) is 7.60. The van der Waals surface area contributed by atoms with Gasteiger partial charge in [0.25, 0.3) is 0 Å². The van der Waals surface area contributed by atoms with Crippen LogP contribution in [0.4, 0.5) is 0 Å². The minimum Gasteiger partial charge on any atom is -0.381 e. The minimum absolute atomic E-state index is 0.673. The van der Waals surface area contributed by atoms with E-state index in [4.69, 9.17) is 4.74 Å². The molecule has 2 aliphatic rings. The van der Waals surface area contributed by atoms with E-state index >= 15 is 0 Å². The summed E-state index contributed by atoms with van der Waals surface area (Å²) in [6.07, 6.45) is 2.47. The van der Waals surface area contributed by atoms with Gasteiger partial charge < -0.3 is 10.1 Å². The lowest BCUT2D eigenvalue weighted by molar-refractivity contribution is 0.0550. The van der Waals surface area contributed by atoms with Gasteiger partial charge in [-0.2, -0.15) is 23.5 Å². The normalized spacial score (nSPS) is 37.9. The van der Waals surface area contributed by atoms with E-state index in [2.05, 4.69) is 49.7 Å². The van der Waals surface area contributed by atoms with Gasteiger partial charge in [-0.15, -0.1) is 0 Å². The number of rotatable bonds is 3. The second kappa shape index (κ2) is 6.69. The number of nitrogens with one attached hydrogen (secondary N) is 1. The van der Waals surface area contributed by atoms with E-state index in [-0.39, 0.29) is 0 Å². The average molecular weight is 275 g/mol. The maximum absolute atomic E-state index is 5.48. The third-order valence-electron chi connectivity index (χ3n) is 4.08. The zero-order valence-corrected chi connectivity index (χ0v) is 12.8. The molecule has 0 aromatic heterocycles. The predicted octanol–water partition coefficient (Wildman–Crippen LogP) is 2.63. The van der Waals surface area contributed by atoms with Crippen LogP contribution in [-0.2, 0) is 4.74 Å². The lowest BCUT2D eigenvalue weighted by Gasteiger charge is -2.40. The third kappa shape index (κ3) is 3.55. The van der Waals surface area contributed by atoms with E-state index in [0.29, 0.717) is 6.04 Å². The van der Waals surface area contributed by atoms with Crippen LogP contribution in [0.5, 0.6) is 0 Å². The van der Waals surface area contributed by atoms with Gasteiger partial charge in [-0.3, -0.25) is 0 Å². The molecule has 0 spiro atoms. The van der Waals surface area contributed by atoms with Crippen LogP contribution < -0.4 is 5.32 Å². The molecule has 0 aliphatic carbocycles. The number of hydrogen-bond acceptors (Lipinski definition) is 4. The van der Waals surface area contributed by atoms with Gasteiger partial charge in [-0.05, 0) is 25.8 Å². The Morgan fingerprint density at radius 3 is 2.47 bits per heavy atom. The van der Waals surface area contributed by atoms with E-state index in [1.54, 1.807) is 0 Å². The highest BCUT2D eigenvalue weighted by Crippen LogP contribution is 2.39. The van der Waals surface area contributed by atoms with Gasteiger partial charge in [0.1, 0.15) is 0 Å². The Kier molecular flexibility index (Phi) is 5.52. The molecular weight excluding hydrogens is 250 g/mol. The molecule has 2 saturated heterocycles. The quantitative estimate of drug-likeness (QED) is 0.854. The molecule has 1 N–H and O–H groups in total. The van der Waals surface area contributed by atoms with Crippen LogP contribution in [0.25, 0.3) is 0 Å². The standard InChI is InChI=1S/C13H25NOS2/c1-9-10(2)17-12(8-16-9)13(14-3)11-4-6-15-7-5-11/h9-14H,4-8H2,1-3H3. The molecule has 4 heteroatoms. The highest BCUT2D eigenvalue weighted by Gasteiger charge is 2.35. The minimum atomic E-state index is 0.673. The Morgan fingerprint density at radius 2 is 1.88 bits per heavy atom. The van der Waals surface area contributed by atoms with Crippen molar-refractivity contribution in [2.45, 2.75) is 48.5 Å². The molecular formula is C13H25NOS2. The van der Waals surface area contributed by atoms with Gasteiger partial charge in [0.2, 0.25) is 0 Å². The number of hydrogen-bond donors (Lipinski definition) is 1. The Morgan fingerprint density at radius 1 is 1.18 bits per heavy atom. The molecule has 2 fully saturated rings. The van der Waals surface area contributed by atoms with Crippen molar-refractivity contribution in [2.24, 2.45) is 5.92 Å². The summed E-state index contributed by atoms with van der Waals surface area (Å²) >= 11 is 4.35. The summed E-state index contributed by atoms with van der Waals surface area (Å²) in [6, 6.07) is 0.673. The second-order valence-electron chi connectivity index (χ2n) is 5.18. The van der Waals surface area contributed by atoms with Crippen molar-refractivity contribution in [1.29, 1.82) is 0 Å². The summed E-state index contributed by atoms with van der Waals surface area (Å²) in [5.41, 5.74) is 0. The molecule has 2 heterocycles. The van der Waals surface area contributed by atoms with Crippen molar-refractivity contribution in [3.63, 3.8) is 0 Å². The van der Waals surface area contributed by atoms with Crippen LogP contribution in [-0.4, -0.2) is 47.8 Å². The van der Waals surface area contributed by atoms with Gasteiger partial charge in [-0.25, -0.2) is 0 Å². The van der Waals surface area contributed by atoms with E-state index in [1.165, 1.54) is 18.6 Å². The van der Waals surface area contributed by atoms with Crippen LogP contribution in [0.15, 0.2) is 0 Å². The Bertz CT molecular complexity index is 233. The second-order valence-corrected chi connectivity index (χ2v) is 8.21. The van der Waals surface area contributed by atoms with Crippen LogP contribution in [0.2, 0.25) is 0 Å². The number of thioether (sulfide) groups is 2. The van der Waals surface area contributed by atoms with Gasteiger partial charge in [0.05, 0.1) is 0 Å². The summed E-state index contributed by atoms with van der Waals surface area (Å²) in [5.74, 6) is 2.12. The Labute approximate surface area is 114 Å². The molecule has 0 saturated carbocycles. The Hall–Kier alpha value is 0.620. The van der Waals surface area contributed by atoms with Crippen molar-refractivity contribution in [3.05, 3.63) is 0 Å². The molecule has 100 valence electrons. The summed E-state index contributed by atoms with van der Waals surface area (Å²) in [5, 5.41) is 5.96. The summed E-state index contributed by atoms with van der Waals surface area (Å²) < 4.78 is 5.48. The first kappa shape index (κ1) is 14.0. The van der Waals surface area contributed by atoms with Gasteiger partial charge in [-0.1, -0.05) is 13.8 Å². The molecule has 2 aliphatic heterocycles. The molecule has 0 bridgehead atoms. The first-order valence-corrected chi connectivity index (χ1v) is 8.73. The fraction of sp³-hybridized carbons (Fsp3) is 1.00. The summed E-state index contributed by atoms with van der Waals surface area (Å²) in [4.78, 5) is 0. The molecule has 0 aromatic carbocycles. The fourth-order valence-electron chi connectivity index (χ4n) is 2.80. The van der Waals surface area contributed by atoms with Crippen molar-refractivity contribution < 1.29 is 4.74 Å². The van der Waals surface area contributed by atoms with E-state index in [1.807, 2.05) is 0 Å². The fourth-order valence-corrected chi connectivity index (χ4v) is 6.05. The van der Waals surface area contributed by atoms with E-state index in [0.717, 1.165) is 34.9 Å². The smallest absolute Gasteiger partial charge is 0.0469 e. The Balaban J connectivity index is 1.93. The zero-order valence-electron chi connectivity index (χ0n) is 11.1. The van der Waals surface area contributed by atoms with Crippen molar-refractivity contribution in [3.8, 4) is 0 Å². The zero-order chi connectivity index (χ0) is 12.3. The highest BCUT2D eigenvalue weighted by atomic mass is 32.2. The van der Waals surface area contributed by atoms with Crippen LogP contribution >= 0.6 is 23.5 Å². The molecule has 17 heavy (non-hydrogen) atoms. The molecule has 2 rings (SSSR count). The van der Waals surface area contributed by atoms with Crippen molar-refractivity contribution >= 4 is 23.5 Å². The van der Waals surface area contributed by atoms with Crippen LogP contribution in [0, 0.1) is 5.92 Å². The van der Waals surface area contributed by atoms with Gasteiger partial charge in [0.15, 0.2) is 0 Å². The van der Waals surface area contributed by atoms with E-state index < -0.39 is 0 Å². The largest absolute Gasteiger partial charge is 0.381 e. The molecule has 0 aromatic rings. The van der Waals surface area contributed by atoms with Gasteiger partial charge in [0, 0.05) is 40.8 Å². The average Bonchev–Trinajstić information content (AvgIpc) is 2.36. The lowest BCUT2D eigenvalue weighted by Crippen LogP contribution is -2.47. The molecule has 4 atom stereocenters. The molecule has 0 radical (unpaired) electrons. The SMILES string of the molecule is CNC(C1CCOCC1)C1CSC(C)C(C)S1. The topological polar surface area (TPSA) is 21.3 Å². The van der Waals surface area contributed by atoms with Crippen molar-refractivity contribution in [2.75, 3.05) is 26.0 Å². The predicted molar refractivity (Wildman–Crippen MR) is 79.2 cm³/mol. The summed E-state index contributed by atoms with van der Waals surface area (Å²) in [7, 11) is 2.13. The summed E-state index contributed by atoms with van der Waals surface area (Å²) in [6.45, 7) is 6.66. The monoisotopic (exact) mass is 275 g/mol. The molecule has 4 unspecified atom stereocenters. The van der Waals surface area contributed by atoms with Gasteiger partial charge >= 0.3 is 0 Å². The first-order chi connectivity index (χ1) is 8.22. The number of ether oxygens (including phenoxy) is 1. The highest BCUT2D eigenvalue weighted by molar-refractivity contribution is 8.07. The molecule has 0 amide bonds. The van der Waals surface area contributed by atoms with E-state index in [9.17, 15) is 0 Å².